The summed E-state index contributed by atoms with van der Waals surface area (Å²) in [5, 5.41) is 4.63. The highest BCUT2D eigenvalue weighted by Crippen LogP contribution is 2.20. The van der Waals surface area contributed by atoms with Crippen LogP contribution in [0.5, 0.6) is 5.75 Å². The summed E-state index contributed by atoms with van der Waals surface area (Å²) in [6.07, 6.45) is 0. The van der Waals surface area contributed by atoms with E-state index in [1.165, 1.54) is 22.7 Å². The lowest BCUT2D eigenvalue weighted by Gasteiger charge is -2.06. The van der Waals surface area contributed by atoms with Gasteiger partial charge < -0.3 is 10.1 Å². The van der Waals surface area contributed by atoms with Crippen molar-refractivity contribution in [3.63, 3.8) is 0 Å². The molecule has 0 atom stereocenters. The molecule has 0 fully saturated rings. The number of amides is 1. The van der Waals surface area contributed by atoms with Gasteiger partial charge in [-0.25, -0.2) is 9.78 Å². The number of aryl methyl sites for hydroxylation is 1. The predicted molar refractivity (Wildman–Crippen MR) is 90.5 cm³/mol. The Hall–Kier alpha value is -2.51. The van der Waals surface area contributed by atoms with Crippen molar-refractivity contribution < 1.29 is 14.3 Å². The maximum atomic E-state index is 12.0. The average molecular weight is 344 g/mol. The smallest absolute Gasteiger partial charge is 0.355 e. The maximum Gasteiger partial charge on any atom is 0.355 e. The number of rotatable bonds is 4. The summed E-state index contributed by atoms with van der Waals surface area (Å²) in [6.45, 7) is 1.76. The van der Waals surface area contributed by atoms with Crippen molar-refractivity contribution in [3.05, 3.63) is 62.7 Å². The van der Waals surface area contributed by atoms with E-state index >= 15 is 0 Å². The predicted octanol–water partition coefficient (Wildman–Crippen LogP) is 3.98. The number of aromatic nitrogens is 1. The molecule has 0 saturated carbocycles. The summed E-state index contributed by atoms with van der Waals surface area (Å²) in [5.41, 5.74) is 2.90. The monoisotopic (exact) mass is 344 g/mol. The van der Waals surface area contributed by atoms with Gasteiger partial charge >= 0.3 is 5.97 Å². The minimum Gasteiger partial charge on any atom is -0.422 e. The Morgan fingerprint density at radius 3 is 2.52 bits per heavy atom. The largest absolute Gasteiger partial charge is 0.422 e. The van der Waals surface area contributed by atoms with Gasteiger partial charge in [-0.15, -0.1) is 22.7 Å². The van der Waals surface area contributed by atoms with E-state index in [4.69, 9.17) is 4.74 Å². The third-order valence-corrected chi connectivity index (χ3v) is 4.78. The first-order chi connectivity index (χ1) is 11.1. The molecule has 1 N–H and O–H groups in total. The fourth-order valence-electron chi connectivity index (χ4n) is 1.86. The van der Waals surface area contributed by atoms with Crippen molar-refractivity contribution in [1.82, 2.24) is 4.98 Å². The van der Waals surface area contributed by atoms with Gasteiger partial charge in [0.05, 0.1) is 16.1 Å². The molecule has 0 spiro atoms. The van der Waals surface area contributed by atoms with Gasteiger partial charge in [0.15, 0.2) is 0 Å². The summed E-state index contributed by atoms with van der Waals surface area (Å²) in [7, 11) is 0. The second kappa shape index (κ2) is 6.72. The van der Waals surface area contributed by atoms with Crippen molar-refractivity contribution in [3.8, 4) is 5.75 Å². The summed E-state index contributed by atoms with van der Waals surface area (Å²) < 4.78 is 5.29. The van der Waals surface area contributed by atoms with E-state index < -0.39 is 5.97 Å². The van der Waals surface area contributed by atoms with E-state index in [1.54, 1.807) is 42.8 Å². The highest BCUT2D eigenvalue weighted by Gasteiger charge is 2.14. The van der Waals surface area contributed by atoms with Crippen LogP contribution in [0.25, 0.3) is 0 Å². The van der Waals surface area contributed by atoms with Crippen molar-refractivity contribution in [1.29, 1.82) is 0 Å². The topological polar surface area (TPSA) is 68.3 Å². The zero-order valence-electron chi connectivity index (χ0n) is 12.1. The molecule has 0 unspecified atom stereocenters. The molecule has 1 aromatic carbocycles. The van der Waals surface area contributed by atoms with Gasteiger partial charge in [-0.2, -0.15) is 0 Å². The van der Waals surface area contributed by atoms with Crippen LogP contribution >= 0.6 is 22.7 Å². The Balaban J connectivity index is 1.64. The molecule has 2 heterocycles. The fourth-order valence-corrected chi connectivity index (χ4v) is 3.15. The van der Waals surface area contributed by atoms with E-state index in [-0.39, 0.29) is 5.91 Å². The molecule has 5 nitrogen and oxygen atoms in total. The van der Waals surface area contributed by atoms with Crippen molar-refractivity contribution in [2.24, 2.45) is 0 Å². The minimum absolute atomic E-state index is 0.162. The second-order valence-corrected chi connectivity index (χ2v) is 6.41. The quantitative estimate of drug-likeness (QED) is 0.574. The Morgan fingerprint density at radius 2 is 1.91 bits per heavy atom. The zero-order valence-corrected chi connectivity index (χ0v) is 13.7. The number of nitrogens with zero attached hydrogens (tertiary/aromatic N) is 1. The highest BCUT2D eigenvalue weighted by molar-refractivity contribution is 7.12. The number of benzene rings is 1. The first-order valence-electron chi connectivity index (χ1n) is 6.70. The summed E-state index contributed by atoms with van der Waals surface area (Å²) >= 11 is 2.62. The van der Waals surface area contributed by atoms with Gasteiger partial charge in [-0.05, 0) is 42.6 Å². The highest BCUT2D eigenvalue weighted by atomic mass is 32.1. The third-order valence-electron chi connectivity index (χ3n) is 3.00. The first-order valence-corrected chi connectivity index (χ1v) is 8.46. The molecule has 0 aliphatic heterocycles. The zero-order chi connectivity index (χ0) is 16.2. The van der Waals surface area contributed by atoms with Gasteiger partial charge in [0.1, 0.15) is 10.6 Å². The molecule has 3 rings (SSSR count). The number of carbonyl (C=O) groups excluding carboxylic acids is 2. The van der Waals surface area contributed by atoms with Crippen LogP contribution in [-0.2, 0) is 0 Å². The second-order valence-electron chi connectivity index (χ2n) is 4.61. The first kappa shape index (κ1) is 15.4. The van der Waals surface area contributed by atoms with E-state index in [9.17, 15) is 9.59 Å². The molecule has 2 aromatic heterocycles. The number of hydrogen-bond acceptors (Lipinski definition) is 6. The number of thiazole rings is 1. The molecule has 23 heavy (non-hydrogen) atoms. The molecule has 0 radical (unpaired) electrons. The van der Waals surface area contributed by atoms with Crippen LogP contribution < -0.4 is 10.1 Å². The maximum absolute atomic E-state index is 12.0. The lowest BCUT2D eigenvalue weighted by atomic mass is 10.3. The number of thiophene rings is 1. The van der Waals surface area contributed by atoms with Crippen LogP contribution in [0.2, 0.25) is 0 Å². The van der Waals surface area contributed by atoms with E-state index in [0.717, 1.165) is 0 Å². The average Bonchev–Trinajstić information content (AvgIpc) is 3.20. The van der Waals surface area contributed by atoms with E-state index in [2.05, 4.69) is 10.3 Å². The Kier molecular flexibility index (Phi) is 4.50. The number of carbonyl (C=O) groups is 2. The SMILES string of the molecule is Cc1ncsc1C(=O)Oc1ccc(NC(=O)c2cccs2)cc1. The number of nitrogens with one attached hydrogen (secondary N) is 1. The van der Waals surface area contributed by atoms with Crippen molar-refractivity contribution >= 4 is 40.2 Å². The summed E-state index contributed by atoms with van der Waals surface area (Å²) in [6, 6.07) is 10.2. The lowest BCUT2D eigenvalue weighted by molar-refractivity contribution is 0.0738. The fraction of sp³-hybridized carbons (Fsp3) is 0.0625. The number of esters is 1. The van der Waals surface area contributed by atoms with Crippen LogP contribution in [0.1, 0.15) is 25.0 Å². The minimum atomic E-state index is -0.430. The van der Waals surface area contributed by atoms with Crippen LogP contribution in [0.4, 0.5) is 5.69 Å². The van der Waals surface area contributed by atoms with Crippen molar-refractivity contribution in [2.45, 2.75) is 6.92 Å². The summed E-state index contributed by atoms with van der Waals surface area (Å²) in [5.74, 6) is -0.178. The summed E-state index contributed by atoms with van der Waals surface area (Å²) in [4.78, 5) is 29.1. The molecular formula is C16H12N2O3S2. The van der Waals surface area contributed by atoms with Crippen LogP contribution in [-0.4, -0.2) is 16.9 Å². The van der Waals surface area contributed by atoms with Crippen LogP contribution in [0.3, 0.4) is 0 Å². The molecule has 0 saturated heterocycles. The molecule has 0 aliphatic carbocycles. The molecule has 0 aliphatic rings. The Bertz CT molecular complexity index is 823. The molecule has 0 bridgehead atoms. The Labute approximate surface area is 140 Å². The van der Waals surface area contributed by atoms with Gasteiger partial charge in [0.2, 0.25) is 0 Å². The molecule has 3 aromatic rings. The normalized spacial score (nSPS) is 10.3. The lowest BCUT2D eigenvalue weighted by Crippen LogP contribution is -2.10. The molecule has 7 heteroatoms. The third kappa shape index (κ3) is 3.64. The van der Waals surface area contributed by atoms with Gasteiger partial charge in [0, 0.05) is 5.69 Å². The number of ether oxygens (including phenoxy) is 1. The number of anilines is 1. The molecule has 1 amide bonds. The van der Waals surface area contributed by atoms with Crippen LogP contribution in [0, 0.1) is 6.92 Å². The number of hydrogen-bond donors (Lipinski definition) is 1. The van der Waals surface area contributed by atoms with Gasteiger partial charge in [-0.3, -0.25) is 4.79 Å². The van der Waals surface area contributed by atoms with E-state index in [0.29, 0.717) is 26.9 Å². The standard InChI is InChI=1S/C16H12N2O3S2/c1-10-14(23-9-17-10)16(20)21-12-6-4-11(5-7-12)18-15(19)13-3-2-8-22-13/h2-9H,1H3,(H,18,19). The van der Waals surface area contributed by atoms with Gasteiger partial charge in [-0.1, -0.05) is 6.07 Å². The van der Waals surface area contributed by atoms with E-state index in [1.807, 2.05) is 11.4 Å². The molecule has 116 valence electrons. The van der Waals surface area contributed by atoms with Gasteiger partial charge in [0.25, 0.3) is 5.91 Å². The van der Waals surface area contributed by atoms with Crippen LogP contribution in [0.15, 0.2) is 47.3 Å². The van der Waals surface area contributed by atoms with Crippen molar-refractivity contribution in [2.75, 3.05) is 5.32 Å². The Morgan fingerprint density at radius 1 is 1.13 bits per heavy atom. The molecular weight excluding hydrogens is 332 g/mol.